The lowest BCUT2D eigenvalue weighted by Crippen LogP contribution is -2.41. The van der Waals surface area contributed by atoms with Crippen LogP contribution in [0.1, 0.15) is 12.5 Å². The molecule has 1 aliphatic rings. The number of halogens is 1. The first kappa shape index (κ1) is 19.8. The summed E-state index contributed by atoms with van der Waals surface area (Å²) in [6.45, 7) is 1.72. The molecule has 1 aliphatic heterocycles. The number of fused-ring (bicyclic) bond motifs is 1. The Labute approximate surface area is 176 Å². The van der Waals surface area contributed by atoms with Crippen molar-refractivity contribution in [1.29, 1.82) is 0 Å². The first-order chi connectivity index (χ1) is 14.4. The minimum absolute atomic E-state index is 0.112. The summed E-state index contributed by atoms with van der Waals surface area (Å²) in [6, 6.07) is 11.4. The maximum atomic E-state index is 12.9. The quantitative estimate of drug-likeness (QED) is 0.634. The molecule has 6 nitrogen and oxygen atoms in total. The predicted octanol–water partition coefficient (Wildman–Crippen LogP) is 4.34. The van der Waals surface area contributed by atoms with Gasteiger partial charge in [-0.15, -0.1) is 11.3 Å². The zero-order chi connectivity index (χ0) is 21.3. The molecule has 0 saturated heterocycles. The maximum Gasteiger partial charge on any atom is 0.267 e. The molecule has 0 spiro atoms. The molecule has 2 aromatic carbocycles. The van der Waals surface area contributed by atoms with E-state index in [4.69, 9.17) is 4.74 Å². The second kappa shape index (κ2) is 8.08. The number of likely N-dealkylation sites (N-methyl/N-ethyl adjacent to an activating group) is 1. The van der Waals surface area contributed by atoms with Crippen LogP contribution in [0.25, 0.3) is 17.3 Å². The average Bonchev–Trinajstić information content (AvgIpc) is 3.20. The van der Waals surface area contributed by atoms with Crippen molar-refractivity contribution in [2.75, 3.05) is 17.3 Å². The topological polar surface area (TPSA) is 71.5 Å². The Balaban J connectivity index is 1.47. The maximum absolute atomic E-state index is 12.9. The van der Waals surface area contributed by atoms with Crippen LogP contribution in [0.5, 0.6) is 5.75 Å². The number of carbonyl (C=O) groups excluding carboxylic acids is 2. The van der Waals surface area contributed by atoms with Gasteiger partial charge in [-0.3, -0.25) is 14.9 Å². The Kier molecular flexibility index (Phi) is 5.33. The minimum Gasteiger partial charge on any atom is -0.479 e. The number of thiazole rings is 1. The summed E-state index contributed by atoms with van der Waals surface area (Å²) < 4.78 is 18.6. The number of hydrogen-bond donors (Lipinski definition) is 1. The zero-order valence-corrected chi connectivity index (χ0v) is 17.1. The van der Waals surface area contributed by atoms with E-state index in [9.17, 15) is 14.0 Å². The molecule has 0 fully saturated rings. The van der Waals surface area contributed by atoms with Gasteiger partial charge in [0.25, 0.3) is 5.91 Å². The second-order valence-electron chi connectivity index (χ2n) is 6.75. The van der Waals surface area contributed by atoms with E-state index in [0.717, 1.165) is 11.1 Å². The second-order valence-corrected chi connectivity index (χ2v) is 7.61. The molecule has 152 valence electrons. The summed E-state index contributed by atoms with van der Waals surface area (Å²) in [4.78, 5) is 30.3. The zero-order valence-electron chi connectivity index (χ0n) is 16.3. The van der Waals surface area contributed by atoms with Gasteiger partial charge in [0.1, 0.15) is 11.6 Å². The van der Waals surface area contributed by atoms with Crippen LogP contribution >= 0.6 is 11.3 Å². The minimum atomic E-state index is -0.516. The van der Waals surface area contributed by atoms with Crippen LogP contribution in [0.3, 0.4) is 0 Å². The van der Waals surface area contributed by atoms with E-state index in [1.165, 1.54) is 29.5 Å². The molecule has 3 aromatic rings. The van der Waals surface area contributed by atoms with Crippen molar-refractivity contribution < 1.29 is 18.7 Å². The number of rotatable bonds is 4. The van der Waals surface area contributed by atoms with Crippen molar-refractivity contribution >= 4 is 40.0 Å². The Morgan fingerprint density at radius 2 is 2.03 bits per heavy atom. The summed E-state index contributed by atoms with van der Waals surface area (Å²) >= 11 is 1.30. The van der Waals surface area contributed by atoms with Gasteiger partial charge in [-0.1, -0.05) is 12.1 Å². The summed E-state index contributed by atoms with van der Waals surface area (Å²) in [5.74, 6) is -0.133. The average molecular weight is 423 g/mol. The van der Waals surface area contributed by atoms with Crippen LogP contribution in [0.4, 0.5) is 15.2 Å². The molecule has 8 heteroatoms. The largest absolute Gasteiger partial charge is 0.479 e. The van der Waals surface area contributed by atoms with E-state index >= 15 is 0 Å². The summed E-state index contributed by atoms with van der Waals surface area (Å²) in [6.07, 6.45) is 2.45. The first-order valence-electron chi connectivity index (χ1n) is 9.19. The standard InChI is InChI=1S/C22H18FN3O3S/c1-13-21(28)26(2)18-11-15(6-9-19(18)29-13)17-12-30-22(24-17)25-20(27)10-5-14-3-7-16(23)8-4-14/h3-13H,1-2H3,(H,24,25,27)/b10-5+. The molecular formula is C22H18FN3O3S. The van der Waals surface area contributed by atoms with Gasteiger partial charge in [-0.2, -0.15) is 0 Å². The van der Waals surface area contributed by atoms with Crippen LogP contribution in [0, 0.1) is 5.82 Å². The van der Waals surface area contributed by atoms with E-state index in [0.29, 0.717) is 22.3 Å². The number of nitrogens with zero attached hydrogens (tertiary/aromatic N) is 2. The van der Waals surface area contributed by atoms with Gasteiger partial charge < -0.3 is 9.64 Å². The number of carbonyl (C=O) groups is 2. The van der Waals surface area contributed by atoms with Crippen LogP contribution < -0.4 is 15.0 Å². The molecular weight excluding hydrogens is 405 g/mol. The van der Waals surface area contributed by atoms with Crippen LogP contribution in [-0.4, -0.2) is 29.9 Å². The molecule has 1 atom stereocenters. The van der Waals surface area contributed by atoms with Crippen molar-refractivity contribution in [2.45, 2.75) is 13.0 Å². The molecule has 1 unspecified atom stereocenters. The van der Waals surface area contributed by atoms with E-state index in [-0.39, 0.29) is 17.6 Å². The van der Waals surface area contributed by atoms with Crippen molar-refractivity contribution in [3.63, 3.8) is 0 Å². The Morgan fingerprint density at radius 3 is 2.80 bits per heavy atom. The third-order valence-electron chi connectivity index (χ3n) is 4.63. The van der Waals surface area contributed by atoms with Crippen LogP contribution in [-0.2, 0) is 9.59 Å². The third kappa shape index (κ3) is 4.08. The lowest BCUT2D eigenvalue weighted by Gasteiger charge is -2.30. The van der Waals surface area contributed by atoms with E-state index in [2.05, 4.69) is 10.3 Å². The number of hydrogen-bond acceptors (Lipinski definition) is 5. The normalized spacial score (nSPS) is 15.8. The molecule has 30 heavy (non-hydrogen) atoms. The molecule has 0 radical (unpaired) electrons. The summed E-state index contributed by atoms with van der Waals surface area (Å²) in [5.41, 5.74) is 2.89. The van der Waals surface area contributed by atoms with Crippen molar-refractivity contribution in [3.8, 4) is 17.0 Å². The third-order valence-corrected chi connectivity index (χ3v) is 5.39. The van der Waals surface area contributed by atoms with Gasteiger partial charge >= 0.3 is 0 Å². The van der Waals surface area contributed by atoms with E-state index < -0.39 is 6.10 Å². The SMILES string of the molecule is CC1Oc2ccc(-c3csc(NC(=O)/C=C/c4ccc(F)cc4)n3)cc2N(C)C1=O. The number of amides is 2. The highest BCUT2D eigenvalue weighted by atomic mass is 32.1. The lowest BCUT2D eigenvalue weighted by atomic mass is 10.1. The monoisotopic (exact) mass is 423 g/mol. The molecule has 0 saturated carbocycles. The number of aromatic nitrogens is 1. The van der Waals surface area contributed by atoms with Gasteiger partial charge in [0, 0.05) is 24.1 Å². The van der Waals surface area contributed by atoms with Gasteiger partial charge in [0.15, 0.2) is 11.2 Å². The molecule has 1 N–H and O–H groups in total. The fourth-order valence-electron chi connectivity index (χ4n) is 3.03. The van der Waals surface area contributed by atoms with Gasteiger partial charge in [-0.25, -0.2) is 9.37 Å². The fraction of sp³-hybridized carbons (Fsp3) is 0.136. The van der Waals surface area contributed by atoms with Crippen molar-refractivity contribution in [3.05, 3.63) is 65.3 Å². The van der Waals surface area contributed by atoms with Gasteiger partial charge in [-0.05, 0) is 48.9 Å². The van der Waals surface area contributed by atoms with E-state index in [1.54, 1.807) is 37.1 Å². The molecule has 1 aromatic heterocycles. The highest BCUT2D eigenvalue weighted by Crippen LogP contribution is 2.37. The van der Waals surface area contributed by atoms with E-state index in [1.807, 2.05) is 23.6 Å². The smallest absolute Gasteiger partial charge is 0.267 e. The van der Waals surface area contributed by atoms with Crippen molar-refractivity contribution in [1.82, 2.24) is 4.98 Å². The fourth-order valence-corrected chi connectivity index (χ4v) is 3.75. The highest BCUT2D eigenvalue weighted by Gasteiger charge is 2.29. The summed E-state index contributed by atoms with van der Waals surface area (Å²) in [7, 11) is 1.71. The Hall–Kier alpha value is -3.52. The Morgan fingerprint density at radius 1 is 1.27 bits per heavy atom. The van der Waals surface area contributed by atoms with Crippen LogP contribution in [0.15, 0.2) is 53.9 Å². The predicted molar refractivity (Wildman–Crippen MR) is 115 cm³/mol. The molecule has 4 rings (SSSR count). The lowest BCUT2D eigenvalue weighted by molar-refractivity contribution is -0.125. The summed E-state index contributed by atoms with van der Waals surface area (Å²) in [5, 5.41) is 4.99. The Bertz CT molecular complexity index is 1140. The van der Waals surface area contributed by atoms with Gasteiger partial charge in [0.2, 0.25) is 5.91 Å². The molecule has 0 bridgehead atoms. The molecule has 2 amide bonds. The number of anilines is 2. The van der Waals surface area contributed by atoms with Gasteiger partial charge in [0.05, 0.1) is 11.4 Å². The number of nitrogens with one attached hydrogen (secondary N) is 1. The number of ether oxygens (including phenoxy) is 1. The van der Waals surface area contributed by atoms with Crippen molar-refractivity contribution in [2.24, 2.45) is 0 Å². The molecule has 0 aliphatic carbocycles. The van der Waals surface area contributed by atoms with Crippen LogP contribution in [0.2, 0.25) is 0 Å². The highest BCUT2D eigenvalue weighted by molar-refractivity contribution is 7.14. The number of benzene rings is 2. The first-order valence-corrected chi connectivity index (χ1v) is 10.1. The molecule has 2 heterocycles.